The van der Waals surface area contributed by atoms with Crippen molar-refractivity contribution in [2.75, 3.05) is 36.4 Å². The highest BCUT2D eigenvalue weighted by molar-refractivity contribution is 6.33. The fourth-order valence-electron chi connectivity index (χ4n) is 2.98. The Bertz CT molecular complexity index is 906. The molecule has 3 aromatic rings. The van der Waals surface area contributed by atoms with E-state index in [0.717, 1.165) is 5.69 Å². The number of nitrogens with zero attached hydrogens (tertiary/aromatic N) is 6. The first-order chi connectivity index (χ1) is 13.2. The number of amides is 2. The van der Waals surface area contributed by atoms with Crippen molar-refractivity contribution in [1.82, 2.24) is 24.6 Å². The van der Waals surface area contributed by atoms with Gasteiger partial charge in [-0.05, 0) is 24.3 Å². The largest absolute Gasteiger partial charge is 0.367 e. The second-order valence-electron chi connectivity index (χ2n) is 6.09. The predicted octanol–water partition coefficient (Wildman–Crippen LogP) is 2.67. The maximum absolute atomic E-state index is 12.5. The SMILES string of the molecule is O=C(Nc1ccc(-n2cccn2)nc1)N1CCN(c2ccncc2Cl)CC1. The molecule has 0 aromatic carbocycles. The van der Waals surface area contributed by atoms with E-state index in [1.54, 1.807) is 34.4 Å². The Balaban J connectivity index is 1.34. The molecule has 1 saturated heterocycles. The van der Waals surface area contributed by atoms with E-state index in [1.165, 1.54) is 0 Å². The van der Waals surface area contributed by atoms with E-state index in [-0.39, 0.29) is 6.03 Å². The molecule has 0 aliphatic carbocycles. The van der Waals surface area contributed by atoms with Gasteiger partial charge in [-0.25, -0.2) is 14.5 Å². The zero-order chi connectivity index (χ0) is 18.6. The molecule has 3 aromatic heterocycles. The third kappa shape index (κ3) is 3.85. The normalized spacial score (nSPS) is 14.3. The zero-order valence-corrected chi connectivity index (χ0v) is 15.3. The lowest BCUT2D eigenvalue weighted by molar-refractivity contribution is 0.208. The summed E-state index contributed by atoms with van der Waals surface area (Å²) in [6.45, 7) is 2.66. The molecule has 1 N–H and O–H groups in total. The molecular formula is C18H18ClN7O. The standard InChI is InChI=1S/C18H18ClN7O/c19-15-13-20-6-4-16(15)24-8-10-25(11-9-24)18(27)23-14-2-3-17(21-12-14)26-7-1-5-22-26/h1-7,12-13H,8-11H2,(H,23,27). The topological polar surface area (TPSA) is 79.2 Å². The molecule has 0 bridgehead atoms. The van der Waals surface area contributed by atoms with Crippen LogP contribution in [0.15, 0.2) is 55.2 Å². The molecule has 4 rings (SSSR count). The van der Waals surface area contributed by atoms with Crippen LogP contribution in [0, 0.1) is 0 Å². The van der Waals surface area contributed by atoms with Crippen LogP contribution in [-0.4, -0.2) is 56.9 Å². The summed E-state index contributed by atoms with van der Waals surface area (Å²) in [6, 6.07) is 7.21. The van der Waals surface area contributed by atoms with E-state index in [2.05, 4.69) is 25.3 Å². The average molecular weight is 384 g/mol. The fourth-order valence-corrected chi connectivity index (χ4v) is 3.22. The van der Waals surface area contributed by atoms with Crippen molar-refractivity contribution >= 4 is 29.0 Å². The quantitative estimate of drug-likeness (QED) is 0.752. The van der Waals surface area contributed by atoms with E-state index in [1.807, 2.05) is 30.5 Å². The van der Waals surface area contributed by atoms with E-state index in [9.17, 15) is 4.79 Å². The molecule has 0 unspecified atom stereocenters. The Morgan fingerprint density at radius 1 is 1.07 bits per heavy atom. The predicted molar refractivity (Wildman–Crippen MR) is 103 cm³/mol. The van der Waals surface area contributed by atoms with Crippen molar-refractivity contribution < 1.29 is 4.79 Å². The highest BCUT2D eigenvalue weighted by Gasteiger charge is 2.22. The van der Waals surface area contributed by atoms with Crippen molar-refractivity contribution in [2.24, 2.45) is 0 Å². The van der Waals surface area contributed by atoms with Crippen LogP contribution in [0.2, 0.25) is 5.02 Å². The van der Waals surface area contributed by atoms with E-state index in [4.69, 9.17) is 11.6 Å². The van der Waals surface area contributed by atoms with Crippen molar-refractivity contribution in [3.63, 3.8) is 0 Å². The number of rotatable bonds is 3. The first-order valence-electron chi connectivity index (χ1n) is 8.57. The minimum atomic E-state index is -0.135. The van der Waals surface area contributed by atoms with Gasteiger partial charge in [0, 0.05) is 51.0 Å². The van der Waals surface area contributed by atoms with Gasteiger partial charge in [-0.15, -0.1) is 0 Å². The van der Waals surface area contributed by atoms with Gasteiger partial charge in [0.05, 0.1) is 22.6 Å². The van der Waals surface area contributed by atoms with Crippen LogP contribution in [0.3, 0.4) is 0 Å². The Morgan fingerprint density at radius 3 is 2.59 bits per heavy atom. The fraction of sp³-hybridized carbons (Fsp3) is 0.222. The van der Waals surface area contributed by atoms with Gasteiger partial charge in [0.1, 0.15) is 0 Å². The molecule has 8 nitrogen and oxygen atoms in total. The van der Waals surface area contributed by atoms with Crippen LogP contribution < -0.4 is 10.2 Å². The van der Waals surface area contributed by atoms with Gasteiger partial charge in [-0.3, -0.25) is 4.98 Å². The zero-order valence-electron chi connectivity index (χ0n) is 14.5. The monoisotopic (exact) mass is 383 g/mol. The number of anilines is 2. The van der Waals surface area contributed by atoms with E-state index in [0.29, 0.717) is 42.7 Å². The molecule has 138 valence electrons. The molecule has 1 aliphatic rings. The van der Waals surface area contributed by atoms with Crippen LogP contribution in [-0.2, 0) is 0 Å². The maximum atomic E-state index is 12.5. The van der Waals surface area contributed by atoms with Gasteiger partial charge in [0.25, 0.3) is 0 Å². The first-order valence-corrected chi connectivity index (χ1v) is 8.95. The molecule has 2 amide bonds. The lowest BCUT2D eigenvalue weighted by Gasteiger charge is -2.36. The van der Waals surface area contributed by atoms with Crippen molar-refractivity contribution in [1.29, 1.82) is 0 Å². The van der Waals surface area contributed by atoms with Crippen LogP contribution in [0.25, 0.3) is 5.82 Å². The van der Waals surface area contributed by atoms with Crippen molar-refractivity contribution in [3.05, 3.63) is 60.3 Å². The van der Waals surface area contributed by atoms with Crippen LogP contribution >= 0.6 is 11.6 Å². The Hall–Kier alpha value is -3.13. The van der Waals surface area contributed by atoms with Crippen LogP contribution in [0.4, 0.5) is 16.2 Å². The molecule has 4 heterocycles. The van der Waals surface area contributed by atoms with Gasteiger partial charge in [0.2, 0.25) is 0 Å². The molecule has 1 fully saturated rings. The lowest BCUT2D eigenvalue weighted by Crippen LogP contribution is -2.50. The number of piperazine rings is 1. The summed E-state index contributed by atoms with van der Waals surface area (Å²) in [4.78, 5) is 24.8. The summed E-state index contributed by atoms with van der Waals surface area (Å²) in [5.41, 5.74) is 1.60. The Labute approximate surface area is 161 Å². The Kier molecular flexibility index (Phi) is 4.88. The molecule has 0 atom stereocenters. The second kappa shape index (κ2) is 7.63. The van der Waals surface area contributed by atoms with Gasteiger partial charge in [-0.2, -0.15) is 5.10 Å². The number of carbonyl (C=O) groups is 1. The van der Waals surface area contributed by atoms with Crippen molar-refractivity contribution in [3.8, 4) is 5.82 Å². The molecule has 0 saturated carbocycles. The molecule has 0 radical (unpaired) electrons. The number of nitrogens with one attached hydrogen (secondary N) is 1. The van der Waals surface area contributed by atoms with Crippen LogP contribution in [0.5, 0.6) is 0 Å². The van der Waals surface area contributed by atoms with Gasteiger partial charge in [-0.1, -0.05) is 11.6 Å². The maximum Gasteiger partial charge on any atom is 0.322 e. The number of hydrogen-bond donors (Lipinski definition) is 1. The van der Waals surface area contributed by atoms with Crippen LogP contribution in [0.1, 0.15) is 0 Å². The highest BCUT2D eigenvalue weighted by Crippen LogP contribution is 2.25. The third-order valence-electron chi connectivity index (χ3n) is 4.40. The summed E-state index contributed by atoms with van der Waals surface area (Å²) in [5.74, 6) is 0.695. The van der Waals surface area contributed by atoms with Gasteiger partial charge in [0.15, 0.2) is 5.82 Å². The van der Waals surface area contributed by atoms with E-state index >= 15 is 0 Å². The van der Waals surface area contributed by atoms with Gasteiger partial charge < -0.3 is 15.1 Å². The smallest absolute Gasteiger partial charge is 0.322 e. The first kappa shape index (κ1) is 17.3. The molecule has 1 aliphatic heterocycles. The number of hydrogen-bond acceptors (Lipinski definition) is 5. The summed E-state index contributed by atoms with van der Waals surface area (Å²) in [6.07, 6.45) is 8.49. The average Bonchev–Trinajstić information content (AvgIpc) is 3.24. The lowest BCUT2D eigenvalue weighted by atomic mass is 10.2. The number of carbonyl (C=O) groups excluding carboxylic acids is 1. The molecule has 9 heteroatoms. The van der Waals surface area contributed by atoms with E-state index < -0.39 is 0 Å². The number of halogens is 1. The molecule has 27 heavy (non-hydrogen) atoms. The number of urea groups is 1. The highest BCUT2D eigenvalue weighted by atomic mass is 35.5. The summed E-state index contributed by atoms with van der Waals surface area (Å²) >= 11 is 6.20. The minimum Gasteiger partial charge on any atom is -0.367 e. The van der Waals surface area contributed by atoms with Crippen molar-refractivity contribution in [2.45, 2.75) is 0 Å². The number of aromatic nitrogens is 4. The summed E-state index contributed by atoms with van der Waals surface area (Å²) in [5, 5.41) is 7.64. The minimum absolute atomic E-state index is 0.135. The third-order valence-corrected chi connectivity index (χ3v) is 4.69. The second-order valence-corrected chi connectivity index (χ2v) is 6.49. The summed E-state index contributed by atoms with van der Waals surface area (Å²) in [7, 11) is 0. The number of pyridine rings is 2. The molecular weight excluding hydrogens is 366 g/mol. The Morgan fingerprint density at radius 2 is 1.93 bits per heavy atom. The van der Waals surface area contributed by atoms with Gasteiger partial charge >= 0.3 is 6.03 Å². The summed E-state index contributed by atoms with van der Waals surface area (Å²) < 4.78 is 1.66. The molecule has 0 spiro atoms.